The molecule has 3 rings (SSSR count). The molecule has 3 heterocycles. The maximum Gasteiger partial charge on any atom is 0.253 e. The number of amides is 2. The van der Waals surface area contributed by atoms with Crippen molar-refractivity contribution >= 4 is 11.8 Å². The van der Waals surface area contributed by atoms with Crippen molar-refractivity contribution < 1.29 is 14.3 Å². The van der Waals surface area contributed by atoms with Gasteiger partial charge in [0.2, 0.25) is 5.91 Å². The second-order valence-electron chi connectivity index (χ2n) is 7.03. The van der Waals surface area contributed by atoms with E-state index in [4.69, 9.17) is 10.5 Å². The second-order valence-corrected chi connectivity index (χ2v) is 7.03. The molecule has 6 nitrogen and oxygen atoms in total. The molecule has 0 aliphatic carbocycles. The van der Waals surface area contributed by atoms with E-state index in [0.717, 1.165) is 82.5 Å². The van der Waals surface area contributed by atoms with Crippen molar-refractivity contribution in [1.82, 2.24) is 9.80 Å². The van der Waals surface area contributed by atoms with Crippen LogP contribution in [-0.2, 0) is 14.3 Å². The number of carbonyl (C=O) groups is 2. The second kappa shape index (κ2) is 7.55. The predicted molar refractivity (Wildman–Crippen MR) is 91.0 cm³/mol. The molecule has 2 amide bonds. The third-order valence-corrected chi connectivity index (χ3v) is 5.61. The standard InChI is InChI=1S/C18H29N3O3/c1-2-16-14(5-4-12-24-16)18(23)20-10-7-13(8-11-20)21-9-3-6-15(21)17(19)22/h13,15H,2-12H2,1H3,(H2,19,22). The number of nitrogens with zero attached hydrogens (tertiary/aromatic N) is 2. The fraction of sp³-hybridized carbons (Fsp3) is 0.778. The minimum absolute atomic E-state index is 0.113. The zero-order valence-electron chi connectivity index (χ0n) is 14.6. The fourth-order valence-electron chi connectivity index (χ4n) is 4.34. The first-order chi connectivity index (χ1) is 11.6. The summed E-state index contributed by atoms with van der Waals surface area (Å²) in [6.45, 7) is 5.23. The molecule has 0 aromatic rings. The highest BCUT2D eigenvalue weighted by atomic mass is 16.5. The summed E-state index contributed by atoms with van der Waals surface area (Å²) in [6.07, 6.45) is 6.30. The zero-order chi connectivity index (χ0) is 17.1. The monoisotopic (exact) mass is 335 g/mol. The lowest BCUT2D eigenvalue weighted by Crippen LogP contribution is -2.51. The summed E-state index contributed by atoms with van der Waals surface area (Å²) >= 11 is 0. The lowest BCUT2D eigenvalue weighted by molar-refractivity contribution is -0.130. The Morgan fingerprint density at radius 1 is 1.17 bits per heavy atom. The molecule has 1 unspecified atom stereocenters. The van der Waals surface area contributed by atoms with Gasteiger partial charge in [0.15, 0.2) is 0 Å². The third-order valence-electron chi connectivity index (χ3n) is 5.61. The summed E-state index contributed by atoms with van der Waals surface area (Å²) in [7, 11) is 0. The molecule has 0 bridgehead atoms. The smallest absolute Gasteiger partial charge is 0.253 e. The van der Waals surface area contributed by atoms with Crippen LogP contribution < -0.4 is 5.73 Å². The van der Waals surface area contributed by atoms with Crippen LogP contribution in [0.5, 0.6) is 0 Å². The van der Waals surface area contributed by atoms with Crippen molar-refractivity contribution in [3.8, 4) is 0 Å². The summed E-state index contributed by atoms with van der Waals surface area (Å²) in [4.78, 5) is 28.7. The first-order valence-corrected chi connectivity index (χ1v) is 9.31. The van der Waals surface area contributed by atoms with Gasteiger partial charge >= 0.3 is 0 Å². The topological polar surface area (TPSA) is 75.9 Å². The van der Waals surface area contributed by atoms with Crippen LogP contribution in [0.3, 0.4) is 0 Å². The predicted octanol–water partition coefficient (Wildman–Crippen LogP) is 1.40. The number of allylic oxidation sites excluding steroid dienone is 1. The Morgan fingerprint density at radius 2 is 1.92 bits per heavy atom. The summed E-state index contributed by atoms with van der Waals surface area (Å²) in [5.41, 5.74) is 6.41. The minimum atomic E-state index is -0.205. The highest BCUT2D eigenvalue weighted by Crippen LogP contribution is 2.28. The van der Waals surface area contributed by atoms with E-state index in [1.54, 1.807) is 0 Å². The van der Waals surface area contributed by atoms with E-state index in [1.165, 1.54) is 0 Å². The molecule has 0 spiro atoms. The molecule has 1 atom stereocenters. The first kappa shape index (κ1) is 17.3. The van der Waals surface area contributed by atoms with Gasteiger partial charge in [0.05, 0.1) is 18.2 Å². The number of hydrogen-bond acceptors (Lipinski definition) is 4. The van der Waals surface area contributed by atoms with Crippen LogP contribution in [-0.4, -0.2) is 59.9 Å². The Kier molecular flexibility index (Phi) is 5.43. The summed E-state index contributed by atoms with van der Waals surface area (Å²) < 4.78 is 5.67. The Bertz CT molecular complexity index is 524. The zero-order valence-corrected chi connectivity index (χ0v) is 14.6. The number of carbonyl (C=O) groups excluding carboxylic acids is 2. The Labute approximate surface area is 144 Å². The molecule has 2 fully saturated rings. The van der Waals surface area contributed by atoms with Crippen molar-refractivity contribution in [3.05, 3.63) is 11.3 Å². The van der Waals surface area contributed by atoms with Gasteiger partial charge < -0.3 is 15.4 Å². The number of primary amides is 1. The van der Waals surface area contributed by atoms with E-state index >= 15 is 0 Å². The molecule has 3 aliphatic heterocycles. The van der Waals surface area contributed by atoms with Crippen LogP contribution in [0.25, 0.3) is 0 Å². The lowest BCUT2D eigenvalue weighted by atomic mass is 9.99. The normalized spacial score (nSPS) is 26.5. The van der Waals surface area contributed by atoms with Crippen LogP contribution in [0, 0.1) is 0 Å². The summed E-state index contributed by atoms with van der Waals surface area (Å²) in [6, 6.07) is 0.259. The maximum absolute atomic E-state index is 12.8. The van der Waals surface area contributed by atoms with Gasteiger partial charge in [0.1, 0.15) is 5.76 Å². The Balaban J connectivity index is 1.60. The van der Waals surface area contributed by atoms with Gasteiger partial charge in [0.25, 0.3) is 5.91 Å². The SMILES string of the molecule is CCC1=C(C(=O)N2CCC(N3CCCC3C(N)=O)CC2)CCCO1. The molecule has 24 heavy (non-hydrogen) atoms. The molecule has 0 radical (unpaired) electrons. The molecule has 0 aromatic carbocycles. The average molecular weight is 335 g/mol. The Hall–Kier alpha value is -1.56. The van der Waals surface area contributed by atoms with E-state index in [1.807, 2.05) is 11.8 Å². The van der Waals surface area contributed by atoms with Gasteiger partial charge in [-0.1, -0.05) is 6.92 Å². The molecule has 0 aromatic heterocycles. The number of likely N-dealkylation sites (tertiary alicyclic amines) is 2. The van der Waals surface area contributed by atoms with Gasteiger partial charge in [-0.3, -0.25) is 14.5 Å². The van der Waals surface area contributed by atoms with E-state index in [2.05, 4.69) is 4.90 Å². The van der Waals surface area contributed by atoms with Crippen LogP contribution in [0.2, 0.25) is 0 Å². The minimum Gasteiger partial charge on any atom is -0.497 e. The number of hydrogen-bond donors (Lipinski definition) is 1. The first-order valence-electron chi connectivity index (χ1n) is 9.31. The van der Waals surface area contributed by atoms with Crippen LogP contribution in [0.1, 0.15) is 51.9 Å². The molecule has 134 valence electrons. The van der Waals surface area contributed by atoms with Gasteiger partial charge in [-0.2, -0.15) is 0 Å². The molecule has 2 N–H and O–H groups in total. The van der Waals surface area contributed by atoms with E-state index in [9.17, 15) is 9.59 Å². The number of ether oxygens (including phenoxy) is 1. The van der Waals surface area contributed by atoms with Crippen LogP contribution in [0.4, 0.5) is 0 Å². The number of piperidine rings is 1. The van der Waals surface area contributed by atoms with Crippen molar-refractivity contribution in [3.63, 3.8) is 0 Å². The molecule has 0 saturated carbocycles. The van der Waals surface area contributed by atoms with E-state index < -0.39 is 0 Å². The summed E-state index contributed by atoms with van der Waals surface area (Å²) in [5, 5.41) is 0. The van der Waals surface area contributed by atoms with Gasteiger partial charge in [-0.15, -0.1) is 0 Å². The van der Waals surface area contributed by atoms with Crippen molar-refractivity contribution in [2.24, 2.45) is 5.73 Å². The highest BCUT2D eigenvalue weighted by Gasteiger charge is 2.37. The van der Waals surface area contributed by atoms with Crippen molar-refractivity contribution in [2.75, 3.05) is 26.2 Å². The molecule has 2 saturated heterocycles. The number of nitrogens with two attached hydrogens (primary N) is 1. The molecule has 6 heteroatoms. The highest BCUT2D eigenvalue weighted by molar-refractivity contribution is 5.94. The van der Waals surface area contributed by atoms with Crippen LogP contribution in [0.15, 0.2) is 11.3 Å². The molecule has 3 aliphatic rings. The van der Waals surface area contributed by atoms with Crippen molar-refractivity contribution in [1.29, 1.82) is 0 Å². The average Bonchev–Trinajstić information content (AvgIpc) is 3.11. The fourth-order valence-corrected chi connectivity index (χ4v) is 4.34. The molecular weight excluding hydrogens is 306 g/mol. The van der Waals surface area contributed by atoms with Crippen LogP contribution >= 0.6 is 0 Å². The third kappa shape index (κ3) is 3.43. The molecular formula is C18H29N3O3. The van der Waals surface area contributed by atoms with Crippen molar-refractivity contribution in [2.45, 2.75) is 64.0 Å². The van der Waals surface area contributed by atoms with E-state index in [0.29, 0.717) is 6.04 Å². The summed E-state index contributed by atoms with van der Waals surface area (Å²) in [5.74, 6) is 0.822. The van der Waals surface area contributed by atoms with E-state index in [-0.39, 0.29) is 17.9 Å². The largest absolute Gasteiger partial charge is 0.497 e. The quantitative estimate of drug-likeness (QED) is 0.843. The van der Waals surface area contributed by atoms with Gasteiger partial charge in [-0.05, 0) is 45.1 Å². The maximum atomic E-state index is 12.8. The number of rotatable bonds is 4. The lowest BCUT2D eigenvalue weighted by Gasteiger charge is -2.39. The van der Waals surface area contributed by atoms with Gasteiger partial charge in [-0.25, -0.2) is 0 Å². The van der Waals surface area contributed by atoms with Gasteiger partial charge in [0, 0.05) is 25.6 Å². The Morgan fingerprint density at radius 3 is 2.58 bits per heavy atom.